The average Bonchev–Trinajstić information content (AvgIpc) is 3.81. The second-order valence-corrected chi connectivity index (χ2v) is 16.5. The number of pyridine rings is 2. The fourth-order valence-electron chi connectivity index (χ4n) is 7.32. The number of nitrogens with two attached hydrogens (primary N) is 1. The molecule has 10 heteroatoms. The van der Waals surface area contributed by atoms with Gasteiger partial charge >= 0.3 is 0 Å². The van der Waals surface area contributed by atoms with Gasteiger partial charge in [-0.25, -0.2) is 9.97 Å². The van der Waals surface area contributed by atoms with Crippen molar-refractivity contribution in [2.45, 2.75) is 117 Å². The summed E-state index contributed by atoms with van der Waals surface area (Å²) < 4.78 is 0. The van der Waals surface area contributed by atoms with E-state index < -0.39 is 0 Å². The van der Waals surface area contributed by atoms with E-state index in [2.05, 4.69) is 154 Å². The van der Waals surface area contributed by atoms with Crippen molar-refractivity contribution in [3.05, 3.63) is 131 Å². The third kappa shape index (κ3) is 12.2. The highest BCUT2D eigenvalue weighted by molar-refractivity contribution is 5.96. The largest absolute Gasteiger partial charge is 0.399 e. The maximum atomic E-state index is 5.80. The molecule has 2 aliphatic carbocycles. The van der Waals surface area contributed by atoms with Gasteiger partial charge < -0.3 is 27.0 Å². The lowest BCUT2D eigenvalue weighted by Gasteiger charge is -2.17. The van der Waals surface area contributed by atoms with Gasteiger partial charge in [0, 0.05) is 34.2 Å². The Morgan fingerprint density at radius 1 is 0.593 bits per heavy atom. The maximum Gasteiger partial charge on any atom is 0.196 e. The van der Waals surface area contributed by atoms with E-state index in [-0.39, 0.29) is 6.04 Å². The number of nitrogens with one attached hydrogen (secondary N) is 4. The number of nitrogen functional groups attached to an aromatic ring is 1. The van der Waals surface area contributed by atoms with E-state index >= 15 is 0 Å². The fraction of sp³-hybridized carbons (Fsp3) is 0.367. The van der Waals surface area contributed by atoms with Crippen LogP contribution in [0.2, 0.25) is 0 Å². The minimum Gasteiger partial charge on any atom is -0.399 e. The highest BCUT2D eigenvalue weighted by atomic mass is 15.2. The molecule has 0 fully saturated rings. The number of fused-ring (bicyclic) bond motifs is 4. The van der Waals surface area contributed by atoms with Crippen LogP contribution >= 0.6 is 0 Å². The molecule has 59 heavy (non-hydrogen) atoms. The number of anilines is 4. The molecule has 0 bridgehead atoms. The molecular weight excluding hydrogens is 729 g/mol. The Hall–Kier alpha value is -6.03. The third-order valence-corrected chi connectivity index (χ3v) is 9.92. The summed E-state index contributed by atoms with van der Waals surface area (Å²) in [5, 5.41) is 24.1. The molecule has 308 valence electrons. The number of aryl methyl sites for hydroxylation is 2. The van der Waals surface area contributed by atoms with Gasteiger partial charge in [-0.1, -0.05) is 48.5 Å². The van der Waals surface area contributed by atoms with Crippen LogP contribution in [0.3, 0.4) is 0 Å². The van der Waals surface area contributed by atoms with Crippen LogP contribution in [0.1, 0.15) is 103 Å². The minimum absolute atomic E-state index is 0.218. The molecule has 10 nitrogen and oxygen atoms in total. The molecule has 2 atom stereocenters. The number of azo groups is 1. The molecule has 2 aliphatic rings. The van der Waals surface area contributed by atoms with Crippen molar-refractivity contribution < 1.29 is 0 Å². The van der Waals surface area contributed by atoms with E-state index in [0.29, 0.717) is 30.2 Å². The Bertz CT molecular complexity index is 2350. The van der Waals surface area contributed by atoms with E-state index in [1.807, 2.05) is 52.0 Å². The molecule has 0 unspecified atom stereocenters. The smallest absolute Gasteiger partial charge is 0.196 e. The average molecular weight is 791 g/mol. The van der Waals surface area contributed by atoms with Gasteiger partial charge in [0.1, 0.15) is 11.6 Å². The Balaban J connectivity index is 0.000000174. The molecule has 0 aliphatic heterocycles. The summed E-state index contributed by atoms with van der Waals surface area (Å²) >= 11 is 0. The van der Waals surface area contributed by atoms with Gasteiger partial charge in [0.25, 0.3) is 0 Å². The first-order valence-electron chi connectivity index (χ1n) is 21.2. The second-order valence-electron chi connectivity index (χ2n) is 16.5. The number of benzene rings is 4. The molecule has 4 aromatic carbocycles. The third-order valence-electron chi connectivity index (χ3n) is 9.92. The minimum atomic E-state index is 0.218. The van der Waals surface area contributed by atoms with E-state index in [4.69, 9.17) is 10.7 Å². The van der Waals surface area contributed by atoms with Crippen molar-refractivity contribution in [1.82, 2.24) is 15.3 Å². The Labute approximate surface area is 350 Å². The first kappa shape index (κ1) is 42.6. The Kier molecular flexibility index (Phi) is 14.5. The summed E-state index contributed by atoms with van der Waals surface area (Å²) in [5.74, 6) is 2.65. The summed E-state index contributed by atoms with van der Waals surface area (Å²) in [5.41, 5.74) is 15.2. The Morgan fingerprint density at radius 3 is 1.61 bits per heavy atom. The highest BCUT2D eigenvalue weighted by Crippen LogP contribution is 2.35. The predicted octanol–water partition coefficient (Wildman–Crippen LogP) is 11.7. The molecule has 0 radical (unpaired) electrons. The number of nitrogens with zero attached hydrogens (tertiary/aromatic N) is 5. The summed E-state index contributed by atoms with van der Waals surface area (Å²) in [6, 6.07) is 39.6. The number of hydrogen-bond acceptors (Lipinski definition) is 8. The van der Waals surface area contributed by atoms with Crippen molar-refractivity contribution in [3.63, 3.8) is 0 Å². The lowest BCUT2D eigenvalue weighted by atomic mass is 10.1. The lowest BCUT2D eigenvalue weighted by molar-refractivity contribution is 0.678. The molecule has 6 N–H and O–H groups in total. The summed E-state index contributed by atoms with van der Waals surface area (Å²) in [6.07, 6.45) is 4.50. The summed E-state index contributed by atoms with van der Waals surface area (Å²) in [4.78, 5) is 14.2. The first-order valence-corrected chi connectivity index (χ1v) is 21.2. The molecule has 8 rings (SSSR count). The van der Waals surface area contributed by atoms with Crippen molar-refractivity contribution in [2.24, 2.45) is 15.2 Å². The normalized spacial score (nSPS) is 15.9. The molecule has 2 aromatic heterocycles. The van der Waals surface area contributed by atoms with E-state index in [1.165, 1.54) is 22.3 Å². The number of rotatable bonds is 9. The highest BCUT2D eigenvalue weighted by Gasteiger charge is 2.23. The summed E-state index contributed by atoms with van der Waals surface area (Å²) in [6.45, 7) is 16.4. The van der Waals surface area contributed by atoms with E-state index in [0.717, 1.165) is 76.5 Å². The van der Waals surface area contributed by atoms with Crippen LogP contribution in [0.4, 0.5) is 23.0 Å². The SMILES string of the molecule is CC(C)N=C(Nc1ccc2nc(N[C@@H]3CCc4ccccc43)ccc2c1)NC(C)C.CC(C)N=NC(C)C.Nc1ccc2nc(N[C@@H]3CCc4ccccc43)ccc2c1. The molecule has 0 amide bonds. The van der Waals surface area contributed by atoms with E-state index in [1.54, 1.807) is 0 Å². The lowest BCUT2D eigenvalue weighted by Crippen LogP contribution is -2.36. The standard InChI is InChI=1S/C25H31N5.C18H17N3.C6H14N2/c1-16(2)26-25(27-17(3)4)28-20-11-13-22-19(15-20)10-14-24(29-22)30-23-12-9-18-7-5-6-8-21(18)23;19-14-7-9-16-13(11-14)6-10-18(20-16)21-17-8-5-12-3-1-2-4-15(12)17;1-5(2)7-8-6(3)4/h5-8,10-11,13-17,23H,9,12H2,1-4H3,(H,29,30)(H2,26,27,28);1-4,6-7,9-11,17H,5,8,19H2,(H,20,21);5-6H,1-4H3/t23-;17-;/m11./s1. The molecule has 0 saturated carbocycles. The van der Waals surface area contributed by atoms with Gasteiger partial charge in [-0.15, -0.1) is 0 Å². The number of guanidine groups is 1. The number of hydrogen-bond donors (Lipinski definition) is 5. The van der Waals surface area contributed by atoms with Gasteiger partial charge in [-0.3, -0.25) is 4.99 Å². The van der Waals surface area contributed by atoms with Gasteiger partial charge in [0.2, 0.25) is 0 Å². The second kappa shape index (κ2) is 20.1. The monoisotopic (exact) mass is 791 g/mol. The predicted molar refractivity (Wildman–Crippen MR) is 250 cm³/mol. The number of aromatic nitrogens is 2. The van der Waals surface area contributed by atoms with Crippen molar-refractivity contribution in [3.8, 4) is 0 Å². The Morgan fingerprint density at radius 2 is 1.10 bits per heavy atom. The number of aliphatic imine (C=N–C) groups is 1. The molecular formula is C49H62N10. The zero-order valence-corrected chi connectivity index (χ0v) is 36.0. The summed E-state index contributed by atoms with van der Waals surface area (Å²) in [7, 11) is 0. The van der Waals surface area contributed by atoms with Gasteiger partial charge in [0.05, 0.1) is 35.2 Å². The quantitative estimate of drug-likeness (QED) is 0.0425. The maximum absolute atomic E-state index is 5.80. The van der Waals surface area contributed by atoms with Gasteiger partial charge in [-0.2, -0.15) is 10.2 Å². The van der Waals surface area contributed by atoms with Crippen LogP contribution in [0.15, 0.2) is 124 Å². The van der Waals surface area contributed by atoms with Crippen molar-refractivity contribution >= 4 is 50.8 Å². The van der Waals surface area contributed by atoms with Gasteiger partial charge in [0.15, 0.2) is 5.96 Å². The van der Waals surface area contributed by atoms with Crippen molar-refractivity contribution in [2.75, 3.05) is 21.7 Å². The van der Waals surface area contributed by atoms with Crippen LogP contribution in [-0.4, -0.2) is 40.1 Å². The van der Waals surface area contributed by atoms with Gasteiger partial charge in [-0.05, 0) is 164 Å². The topological polar surface area (TPSA) is 137 Å². The fourth-order valence-corrected chi connectivity index (χ4v) is 7.32. The molecule has 0 spiro atoms. The molecule has 0 saturated heterocycles. The first-order chi connectivity index (χ1) is 28.4. The zero-order chi connectivity index (χ0) is 41.9. The zero-order valence-electron chi connectivity index (χ0n) is 36.0. The van der Waals surface area contributed by atoms with Crippen LogP contribution in [0.25, 0.3) is 21.8 Å². The van der Waals surface area contributed by atoms with Crippen LogP contribution in [0.5, 0.6) is 0 Å². The van der Waals surface area contributed by atoms with Crippen LogP contribution in [-0.2, 0) is 12.8 Å². The molecule has 6 aromatic rings. The molecule has 2 heterocycles. The van der Waals surface area contributed by atoms with E-state index in [9.17, 15) is 0 Å². The van der Waals surface area contributed by atoms with Crippen LogP contribution in [0, 0.1) is 0 Å². The van der Waals surface area contributed by atoms with Crippen molar-refractivity contribution in [1.29, 1.82) is 0 Å². The van der Waals surface area contributed by atoms with Crippen LogP contribution < -0.4 is 27.0 Å².